The second kappa shape index (κ2) is 5.53. The molecule has 0 fully saturated rings. The normalized spacial score (nSPS) is 12.2. The Kier molecular flexibility index (Phi) is 4.15. The minimum atomic E-state index is -1.16. The number of aryl methyl sites for hydroxylation is 1. The minimum Gasteiger partial charge on any atom is -0.408 e. The molecule has 0 amide bonds. The number of hydrogen-bond acceptors (Lipinski definition) is 3. The predicted molar refractivity (Wildman–Crippen MR) is 79.3 cm³/mol. The van der Waals surface area contributed by atoms with Crippen molar-refractivity contribution < 1.29 is 13.5 Å². The van der Waals surface area contributed by atoms with Crippen LogP contribution >= 0.6 is 0 Å². The van der Waals surface area contributed by atoms with Crippen LogP contribution in [0.2, 0.25) is 25.7 Å². The summed E-state index contributed by atoms with van der Waals surface area (Å²) in [5.41, 5.74) is 1.28. The number of rotatable bonds is 5. The molecular weight excluding hydrogens is 277 g/mol. The van der Waals surface area contributed by atoms with Gasteiger partial charge < -0.3 is 9.15 Å². The summed E-state index contributed by atoms with van der Waals surface area (Å²) in [5.74, 6) is -0.868. The largest absolute Gasteiger partial charge is 0.421 e. The van der Waals surface area contributed by atoms with Gasteiger partial charge in [-0.2, -0.15) is 0 Å². The van der Waals surface area contributed by atoms with Crippen LogP contribution in [0.25, 0.3) is 11.1 Å². The summed E-state index contributed by atoms with van der Waals surface area (Å²) < 4.78 is 25.5. The van der Waals surface area contributed by atoms with Gasteiger partial charge in [-0.25, -0.2) is 13.8 Å². The summed E-state index contributed by atoms with van der Waals surface area (Å²) in [7, 11) is -1.16. The zero-order chi connectivity index (χ0) is 14.9. The first-order chi connectivity index (χ1) is 9.28. The molecule has 20 heavy (non-hydrogen) atoms. The molecule has 4 nitrogen and oxygen atoms in total. The van der Waals surface area contributed by atoms with Crippen LogP contribution in [-0.2, 0) is 11.5 Å². The van der Waals surface area contributed by atoms with Gasteiger partial charge in [0.05, 0.1) is 5.52 Å². The molecule has 0 spiro atoms. The highest BCUT2D eigenvalue weighted by Crippen LogP contribution is 2.18. The molecule has 0 bridgehead atoms. The molecular formula is C14H20FNO3Si. The van der Waals surface area contributed by atoms with Crippen molar-refractivity contribution in [2.45, 2.75) is 39.3 Å². The van der Waals surface area contributed by atoms with Crippen LogP contribution in [0.15, 0.2) is 21.3 Å². The van der Waals surface area contributed by atoms with E-state index in [4.69, 9.17) is 9.15 Å². The highest BCUT2D eigenvalue weighted by molar-refractivity contribution is 6.76. The molecule has 0 atom stereocenters. The molecule has 2 rings (SSSR count). The maximum absolute atomic E-state index is 13.6. The van der Waals surface area contributed by atoms with Gasteiger partial charge in [-0.05, 0) is 24.6 Å². The molecule has 0 radical (unpaired) electrons. The molecule has 0 saturated heterocycles. The Morgan fingerprint density at radius 3 is 2.70 bits per heavy atom. The molecule has 0 saturated carbocycles. The Balaban J connectivity index is 2.16. The summed E-state index contributed by atoms with van der Waals surface area (Å²) in [6.07, 6.45) is 0. The molecule has 0 aliphatic heterocycles. The average molecular weight is 297 g/mol. The van der Waals surface area contributed by atoms with Gasteiger partial charge >= 0.3 is 5.76 Å². The molecule has 1 aromatic carbocycles. The van der Waals surface area contributed by atoms with Crippen LogP contribution < -0.4 is 5.76 Å². The lowest BCUT2D eigenvalue weighted by Crippen LogP contribution is -2.23. The summed E-state index contributed by atoms with van der Waals surface area (Å²) in [5, 5.41) is 0. The third kappa shape index (κ3) is 3.37. The SMILES string of the molecule is Cc1cc2oc(=O)n(COCC[Si](C)(C)C)c2cc1F. The number of nitrogens with zero attached hydrogens (tertiary/aromatic N) is 1. The van der Waals surface area contributed by atoms with E-state index < -0.39 is 13.8 Å². The van der Waals surface area contributed by atoms with E-state index >= 15 is 0 Å². The number of halogens is 1. The van der Waals surface area contributed by atoms with Crippen LogP contribution in [-0.4, -0.2) is 19.2 Å². The van der Waals surface area contributed by atoms with Gasteiger partial charge in [0.15, 0.2) is 5.58 Å². The second-order valence-electron chi connectivity index (χ2n) is 6.21. The van der Waals surface area contributed by atoms with Crippen LogP contribution in [0, 0.1) is 12.7 Å². The molecule has 0 unspecified atom stereocenters. The van der Waals surface area contributed by atoms with Crippen molar-refractivity contribution in [1.29, 1.82) is 0 Å². The lowest BCUT2D eigenvalue weighted by molar-refractivity contribution is 0.0850. The Morgan fingerprint density at radius 1 is 1.35 bits per heavy atom. The standard InChI is InChI=1S/C14H20FNO3Si/c1-10-7-13-12(8-11(10)15)16(14(17)19-13)9-18-5-6-20(2,3)4/h7-8H,5-6,9H2,1-4H3. The average Bonchev–Trinajstić information content (AvgIpc) is 2.60. The number of ether oxygens (including phenoxy) is 1. The van der Waals surface area contributed by atoms with Crippen molar-refractivity contribution in [2.24, 2.45) is 0 Å². The fraction of sp³-hybridized carbons (Fsp3) is 0.500. The number of aromatic nitrogens is 1. The molecule has 6 heteroatoms. The Bertz CT molecular complexity index is 669. The quantitative estimate of drug-likeness (QED) is 0.628. The van der Waals surface area contributed by atoms with E-state index in [9.17, 15) is 9.18 Å². The summed E-state index contributed by atoms with van der Waals surface area (Å²) >= 11 is 0. The van der Waals surface area contributed by atoms with Gasteiger partial charge in [-0.1, -0.05) is 19.6 Å². The van der Waals surface area contributed by atoms with E-state index in [1.54, 1.807) is 6.92 Å². The van der Waals surface area contributed by atoms with Crippen LogP contribution in [0.5, 0.6) is 0 Å². The third-order valence-corrected chi connectivity index (χ3v) is 4.87. The topological polar surface area (TPSA) is 44.4 Å². The van der Waals surface area contributed by atoms with E-state index in [2.05, 4.69) is 19.6 Å². The monoisotopic (exact) mass is 297 g/mol. The predicted octanol–water partition coefficient (Wildman–Crippen LogP) is 3.35. The lowest BCUT2D eigenvalue weighted by atomic mass is 10.2. The van der Waals surface area contributed by atoms with Crippen molar-refractivity contribution in [3.63, 3.8) is 0 Å². The first kappa shape index (κ1) is 15.0. The number of oxazole rings is 1. The zero-order valence-corrected chi connectivity index (χ0v) is 13.3. The Hall–Kier alpha value is -1.40. The maximum Gasteiger partial charge on any atom is 0.421 e. The molecule has 0 aliphatic carbocycles. The van der Waals surface area contributed by atoms with Crippen molar-refractivity contribution >= 4 is 19.2 Å². The lowest BCUT2D eigenvalue weighted by Gasteiger charge is -2.15. The summed E-state index contributed by atoms with van der Waals surface area (Å²) in [6.45, 7) is 9.11. The van der Waals surface area contributed by atoms with Crippen LogP contribution in [0.3, 0.4) is 0 Å². The number of benzene rings is 1. The third-order valence-electron chi connectivity index (χ3n) is 3.17. The fourth-order valence-corrected chi connectivity index (χ4v) is 2.60. The van der Waals surface area contributed by atoms with E-state index in [1.165, 1.54) is 16.7 Å². The maximum atomic E-state index is 13.6. The molecule has 0 aliphatic rings. The van der Waals surface area contributed by atoms with Crippen molar-refractivity contribution in [3.05, 3.63) is 34.1 Å². The smallest absolute Gasteiger partial charge is 0.408 e. The summed E-state index contributed by atoms with van der Waals surface area (Å²) in [4.78, 5) is 11.8. The number of hydrogen-bond donors (Lipinski definition) is 0. The zero-order valence-electron chi connectivity index (χ0n) is 12.3. The molecule has 0 N–H and O–H groups in total. The van der Waals surface area contributed by atoms with Crippen LogP contribution in [0.1, 0.15) is 5.56 Å². The van der Waals surface area contributed by atoms with E-state index in [-0.39, 0.29) is 12.5 Å². The Labute approximate surface area is 118 Å². The Morgan fingerprint density at radius 2 is 2.05 bits per heavy atom. The van der Waals surface area contributed by atoms with Gasteiger partial charge in [0.1, 0.15) is 12.5 Å². The van der Waals surface area contributed by atoms with Gasteiger partial charge in [0.2, 0.25) is 0 Å². The van der Waals surface area contributed by atoms with Gasteiger partial charge in [-0.3, -0.25) is 0 Å². The van der Waals surface area contributed by atoms with Crippen LogP contribution in [0.4, 0.5) is 4.39 Å². The van der Waals surface area contributed by atoms with E-state index in [0.29, 0.717) is 23.3 Å². The fourth-order valence-electron chi connectivity index (χ4n) is 1.84. The van der Waals surface area contributed by atoms with E-state index in [0.717, 1.165) is 6.04 Å². The minimum absolute atomic E-state index is 0.0960. The highest BCUT2D eigenvalue weighted by atomic mass is 28.3. The molecule has 2 aromatic rings. The molecule has 110 valence electrons. The second-order valence-corrected chi connectivity index (χ2v) is 11.8. The first-order valence-corrected chi connectivity index (χ1v) is 10.4. The molecule has 1 heterocycles. The number of fused-ring (bicyclic) bond motifs is 1. The van der Waals surface area contributed by atoms with Crippen molar-refractivity contribution in [1.82, 2.24) is 4.57 Å². The summed E-state index contributed by atoms with van der Waals surface area (Å²) in [6, 6.07) is 3.87. The van der Waals surface area contributed by atoms with E-state index in [1.807, 2.05) is 0 Å². The van der Waals surface area contributed by atoms with Crippen molar-refractivity contribution in [3.8, 4) is 0 Å². The van der Waals surface area contributed by atoms with Gasteiger partial charge in [-0.15, -0.1) is 0 Å². The van der Waals surface area contributed by atoms with Gasteiger partial charge in [0, 0.05) is 20.7 Å². The van der Waals surface area contributed by atoms with Crippen molar-refractivity contribution in [2.75, 3.05) is 6.61 Å². The first-order valence-electron chi connectivity index (χ1n) is 6.65. The highest BCUT2D eigenvalue weighted by Gasteiger charge is 2.14. The molecule has 1 aromatic heterocycles. The van der Waals surface area contributed by atoms with Gasteiger partial charge in [0.25, 0.3) is 0 Å².